The standard InChI is InChI=1S/C17H15ClN4O3/c1-10-9-13(18)5-8-15(10)25-11(2)16-19-17(21-20-16)12-3-6-14(7-4-12)22(23)24/h3-9,11H,1-2H3,(H,19,20,21). The number of hydrogen-bond acceptors (Lipinski definition) is 5. The third-order valence-electron chi connectivity index (χ3n) is 3.66. The Morgan fingerprint density at radius 3 is 2.60 bits per heavy atom. The molecular weight excluding hydrogens is 344 g/mol. The van der Waals surface area contributed by atoms with Gasteiger partial charge in [0.05, 0.1) is 4.92 Å². The van der Waals surface area contributed by atoms with Crippen LogP contribution in [0.1, 0.15) is 24.4 Å². The van der Waals surface area contributed by atoms with Crippen LogP contribution in [0.15, 0.2) is 42.5 Å². The van der Waals surface area contributed by atoms with Gasteiger partial charge in [-0.25, -0.2) is 4.98 Å². The molecule has 0 bridgehead atoms. The fourth-order valence-electron chi connectivity index (χ4n) is 2.31. The first-order valence-corrected chi connectivity index (χ1v) is 7.92. The van der Waals surface area contributed by atoms with Crippen molar-refractivity contribution >= 4 is 17.3 Å². The average Bonchev–Trinajstić information content (AvgIpc) is 3.07. The minimum atomic E-state index is -0.447. The van der Waals surface area contributed by atoms with Gasteiger partial charge in [0.1, 0.15) is 5.75 Å². The van der Waals surface area contributed by atoms with Crippen LogP contribution in [0.25, 0.3) is 11.4 Å². The zero-order valence-corrected chi connectivity index (χ0v) is 14.3. The molecule has 7 nitrogen and oxygen atoms in total. The van der Waals surface area contributed by atoms with Crippen LogP contribution >= 0.6 is 11.6 Å². The summed E-state index contributed by atoms with van der Waals surface area (Å²) in [7, 11) is 0. The number of H-pyrrole nitrogens is 1. The van der Waals surface area contributed by atoms with E-state index in [1.54, 1.807) is 18.2 Å². The predicted octanol–water partition coefficient (Wildman–Crippen LogP) is 4.48. The second-order valence-corrected chi connectivity index (χ2v) is 5.95. The largest absolute Gasteiger partial charge is 0.482 e. The lowest BCUT2D eigenvalue weighted by Crippen LogP contribution is -2.06. The molecule has 0 aliphatic heterocycles. The van der Waals surface area contributed by atoms with Crippen molar-refractivity contribution in [1.29, 1.82) is 0 Å². The molecule has 1 N–H and O–H groups in total. The molecule has 1 unspecified atom stereocenters. The molecule has 128 valence electrons. The Morgan fingerprint density at radius 2 is 1.96 bits per heavy atom. The van der Waals surface area contributed by atoms with Crippen molar-refractivity contribution in [1.82, 2.24) is 15.2 Å². The summed E-state index contributed by atoms with van der Waals surface area (Å²) in [5.41, 5.74) is 1.63. The first-order chi connectivity index (χ1) is 11.9. The van der Waals surface area contributed by atoms with Gasteiger partial charge in [-0.2, -0.15) is 5.10 Å². The highest BCUT2D eigenvalue weighted by Gasteiger charge is 2.15. The summed E-state index contributed by atoms with van der Waals surface area (Å²) in [6, 6.07) is 11.5. The molecule has 1 heterocycles. The van der Waals surface area contributed by atoms with Gasteiger partial charge in [0.25, 0.3) is 5.69 Å². The highest BCUT2D eigenvalue weighted by atomic mass is 35.5. The van der Waals surface area contributed by atoms with Gasteiger partial charge >= 0.3 is 0 Å². The van der Waals surface area contributed by atoms with Crippen molar-refractivity contribution in [2.75, 3.05) is 0 Å². The van der Waals surface area contributed by atoms with Crippen LogP contribution in [0.4, 0.5) is 5.69 Å². The second kappa shape index (κ2) is 6.90. The number of rotatable bonds is 5. The van der Waals surface area contributed by atoms with Crippen LogP contribution in [0.2, 0.25) is 5.02 Å². The SMILES string of the molecule is Cc1cc(Cl)ccc1OC(C)c1nc(-c2ccc([N+](=O)[O-])cc2)n[nH]1. The van der Waals surface area contributed by atoms with Gasteiger partial charge in [-0.05, 0) is 49.7 Å². The zero-order valence-electron chi connectivity index (χ0n) is 13.6. The Hall–Kier alpha value is -2.93. The van der Waals surface area contributed by atoms with Crippen LogP contribution < -0.4 is 4.74 Å². The number of non-ortho nitro benzene ring substituents is 1. The topological polar surface area (TPSA) is 93.9 Å². The molecule has 2 aromatic carbocycles. The summed E-state index contributed by atoms with van der Waals surface area (Å²) in [4.78, 5) is 14.7. The number of halogens is 1. The molecule has 8 heteroatoms. The molecule has 1 aromatic heterocycles. The summed E-state index contributed by atoms with van der Waals surface area (Å²) in [5, 5.41) is 18.4. The molecule has 3 aromatic rings. The maximum atomic E-state index is 10.7. The summed E-state index contributed by atoms with van der Waals surface area (Å²) in [5.74, 6) is 1.72. The Morgan fingerprint density at radius 1 is 1.24 bits per heavy atom. The smallest absolute Gasteiger partial charge is 0.269 e. The maximum Gasteiger partial charge on any atom is 0.269 e. The molecular formula is C17H15ClN4O3. The van der Waals surface area contributed by atoms with Gasteiger partial charge in [0.2, 0.25) is 0 Å². The van der Waals surface area contributed by atoms with E-state index in [0.717, 1.165) is 5.56 Å². The molecule has 3 rings (SSSR count). The van der Waals surface area contributed by atoms with Crippen molar-refractivity contribution < 1.29 is 9.66 Å². The maximum absolute atomic E-state index is 10.7. The molecule has 0 aliphatic carbocycles. The number of ether oxygens (including phenoxy) is 1. The normalized spacial score (nSPS) is 12.0. The first kappa shape index (κ1) is 16.9. The third kappa shape index (κ3) is 3.77. The third-order valence-corrected chi connectivity index (χ3v) is 3.90. The quantitative estimate of drug-likeness (QED) is 0.536. The first-order valence-electron chi connectivity index (χ1n) is 7.54. The summed E-state index contributed by atoms with van der Waals surface area (Å²) in [6.45, 7) is 3.77. The van der Waals surface area contributed by atoms with Crippen LogP contribution in [0.3, 0.4) is 0 Å². The lowest BCUT2D eigenvalue weighted by molar-refractivity contribution is -0.384. The Kier molecular flexibility index (Phi) is 4.67. The molecule has 0 aliphatic rings. The Labute approximate surface area is 148 Å². The highest BCUT2D eigenvalue weighted by Crippen LogP contribution is 2.27. The average molecular weight is 359 g/mol. The zero-order chi connectivity index (χ0) is 18.0. The molecule has 0 amide bonds. The number of nitrogens with one attached hydrogen (secondary N) is 1. The fraction of sp³-hybridized carbons (Fsp3) is 0.176. The molecule has 0 spiro atoms. The van der Waals surface area contributed by atoms with Gasteiger partial charge in [-0.3, -0.25) is 15.2 Å². The van der Waals surface area contributed by atoms with Gasteiger partial charge < -0.3 is 4.74 Å². The summed E-state index contributed by atoms with van der Waals surface area (Å²) >= 11 is 5.95. The van der Waals surface area contributed by atoms with Crippen molar-refractivity contribution in [2.45, 2.75) is 20.0 Å². The summed E-state index contributed by atoms with van der Waals surface area (Å²) in [6.07, 6.45) is -0.348. The monoisotopic (exact) mass is 358 g/mol. The number of aryl methyl sites for hydroxylation is 1. The number of hydrogen-bond donors (Lipinski definition) is 1. The second-order valence-electron chi connectivity index (χ2n) is 5.52. The Balaban J connectivity index is 1.77. The number of nitro groups is 1. The number of nitrogens with zero attached hydrogens (tertiary/aromatic N) is 3. The predicted molar refractivity (Wildman–Crippen MR) is 93.7 cm³/mol. The molecule has 25 heavy (non-hydrogen) atoms. The fourth-order valence-corrected chi connectivity index (χ4v) is 2.54. The van der Waals surface area contributed by atoms with E-state index in [1.807, 2.05) is 26.0 Å². The molecule has 1 atom stereocenters. The van der Waals surface area contributed by atoms with Crippen molar-refractivity contribution in [2.24, 2.45) is 0 Å². The van der Waals surface area contributed by atoms with E-state index in [1.165, 1.54) is 12.1 Å². The van der Waals surface area contributed by atoms with Gasteiger partial charge in [0, 0.05) is 22.7 Å². The van der Waals surface area contributed by atoms with Crippen molar-refractivity contribution in [3.63, 3.8) is 0 Å². The number of aromatic nitrogens is 3. The van der Waals surface area contributed by atoms with Gasteiger partial charge in [0.15, 0.2) is 17.8 Å². The minimum Gasteiger partial charge on any atom is -0.482 e. The van der Waals surface area contributed by atoms with E-state index >= 15 is 0 Å². The molecule has 0 fully saturated rings. The molecule has 0 saturated heterocycles. The van der Waals surface area contributed by atoms with E-state index < -0.39 is 4.92 Å². The van der Waals surface area contributed by atoms with Crippen LogP contribution in [-0.2, 0) is 0 Å². The lowest BCUT2D eigenvalue weighted by atomic mass is 10.2. The number of benzene rings is 2. The molecule has 0 saturated carbocycles. The van der Waals surface area contributed by atoms with Gasteiger partial charge in [-0.1, -0.05) is 11.6 Å². The molecule has 0 radical (unpaired) electrons. The van der Waals surface area contributed by atoms with Crippen LogP contribution in [0, 0.1) is 17.0 Å². The van der Waals surface area contributed by atoms with Crippen molar-refractivity contribution in [3.8, 4) is 17.1 Å². The van der Waals surface area contributed by atoms with E-state index in [2.05, 4.69) is 15.2 Å². The number of nitro benzene ring substituents is 1. The van der Waals surface area contributed by atoms with Crippen molar-refractivity contribution in [3.05, 3.63) is 69.0 Å². The van der Waals surface area contributed by atoms with E-state index in [-0.39, 0.29) is 11.8 Å². The Bertz CT molecular complexity index is 909. The van der Waals surface area contributed by atoms with E-state index in [4.69, 9.17) is 16.3 Å². The van der Waals surface area contributed by atoms with Gasteiger partial charge in [-0.15, -0.1) is 0 Å². The minimum absolute atomic E-state index is 0.0226. The van der Waals surface area contributed by atoms with Crippen LogP contribution in [0.5, 0.6) is 5.75 Å². The summed E-state index contributed by atoms with van der Waals surface area (Å²) < 4.78 is 5.90. The van der Waals surface area contributed by atoms with E-state index in [0.29, 0.717) is 28.0 Å². The lowest BCUT2D eigenvalue weighted by Gasteiger charge is -2.14. The number of aromatic amines is 1. The highest BCUT2D eigenvalue weighted by molar-refractivity contribution is 6.30. The van der Waals surface area contributed by atoms with Crippen LogP contribution in [-0.4, -0.2) is 20.1 Å². The van der Waals surface area contributed by atoms with E-state index in [9.17, 15) is 10.1 Å².